The maximum atomic E-state index is 10.3. The molecule has 21 heavy (non-hydrogen) atoms. The number of rotatable bonds is 6. The molecule has 0 bridgehead atoms. The fourth-order valence-corrected chi connectivity index (χ4v) is 2.51. The van der Waals surface area contributed by atoms with Crippen LogP contribution in [-0.2, 0) is 12.8 Å². The van der Waals surface area contributed by atoms with Gasteiger partial charge in [-0.1, -0.05) is 56.3 Å². The van der Waals surface area contributed by atoms with Gasteiger partial charge < -0.3 is 9.84 Å². The smallest absolute Gasteiger partial charge is 0.122 e. The van der Waals surface area contributed by atoms with Crippen LogP contribution in [0.1, 0.15) is 36.5 Å². The highest BCUT2D eigenvalue weighted by Gasteiger charge is 2.10. The molecule has 2 heteroatoms. The fraction of sp³-hybridized carbons (Fsp3) is 0.368. The molecule has 2 aromatic carbocycles. The van der Waals surface area contributed by atoms with Gasteiger partial charge in [0, 0.05) is 6.42 Å². The molecule has 0 aliphatic rings. The van der Waals surface area contributed by atoms with Gasteiger partial charge in [0.05, 0.1) is 13.2 Å². The van der Waals surface area contributed by atoms with Gasteiger partial charge in [0.15, 0.2) is 0 Å². The summed E-state index contributed by atoms with van der Waals surface area (Å²) in [5.41, 5.74) is 3.55. The highest BCUT2D eigenvalue weighted by atomic mass is 16.5. The summed E-state index contributed by atoms with van der Waals surface area (Å²) in [5.74, 6) is 1.38. The van der Waals surface area contributed by atoms with Gasteiger partial charge in [-0.3, -0.25) is 0 Å². The SMILES string of the molecule is COc1ccccc1CC(O)Cc1ccc(C(C)C)cc1. The molecule has 1 unspecified atom stereocenters. The maximum Gasteiger partial charge on any atom is 0.122 e. The Bertz CT molecular complexity index is 558. The normalized spacial score (nSPS) is 12.4. The van der Waals surface area contributed by atoms with Crippen LogP contribution in [0.15, 0.2) is 48.5 Å². The minimum absolute atomic E-state index is 0.397. The van der Waals surface area contributed by atoms with Crippen molar-refractivity contribution < 1.29 is 9.84 Å². The molecular formula is C19H24O2. The number of benzene rings is 2. The van der Waals surface area contributed by atoms with Gasteiger partial charge in [-0.2, -0.15) is 0 Å². The number of methoxy groups -OCH3 is 1. The van der Waals surface area contributed by atoms with Gasteiger partial charge in [-0.15, -0.1) is 0 Å². The fourth-order valence-electron chi connectivity index (χ4n) is 2.51. The van der Waals surface area contributed by atoms with Crippen molar-refractivity contribution in [2.24, 2.45) is 0 Å². The van der Waals surface area contributed by atoms with Crippen molar-refractivity contribution in [3.05, 3.63) is 65.2 Å². The molecular weight excluding hydrogens is 260 g/mol. The summed E-state index contributed by atoms with van der Waals surface area (Å²) in [7, 11) is 1.66. The molecule has 0 saturated heterocycles. The molecule has 0 fully saturated rings. The van der Waals surface area contributed by atoms with Gasteiger partial charge in [0.25, 0.3) is 0 Å². The average molecular weight is 284 g/mol. The second-order valence-electron chi connectivity index (χ2n) is 5.77. The minimum Gasteiger partial charge on any atom is -0.496 e. The molecule has 0 spiro atoms. The largest absolute Gasteiger partial charge is 0.496 e. The van der Waals surface area contributed by atoms with Crippen LogP contribution in [0, 0.1) is 0 Å². The standard InChI is InChI=1S/C19H24O2/c1-14(2)16-10-8-15(9-11-16)12-18(20)13-17-6-4-5-7-19(17)21-3/h4-11,14,18,20H,12-13H2,1-3H3. The molecule has 1 N–H and O–H groups in total. The van der Waals surface area contributed by atoms with Crippen LogP contribution in [0.4, 0.5) is 0 Å². The van der Waals surface area contributed by atoms with Crippen molar-refractivity contribution in [3.63, 3.8) is 0 Å². The zero-order valence-electron chi connectivity index (χ0n) is 13.0. The summed E-state index contributed by atoms with van der Waals surface area (Å²) < 4.78 is 5.33. The lowest BCUT2D eigenvalue weighted by Crippen LogP contribution is -2.14. The van der Waals surface area contributed by atoms with E-state index in [1.165, 1.54) is 11.1 Å². The third kappa shape index (κ3) is 4.33. The van der Waals surface area contributed by atoms with Crippen molar-refractivity contribution >= 4 is 0 Å². The summed E-state index contributed by atoms with van der Waals surface area (Å²) in [6.07, 6.45) is 0.873. The Morgan fingerprint density at radius 3 is 2.24 bits per heavy atom. The van der Waals surface area contributed by atoms with Crippen molar-refractivity contribution in [2.45, 2.75) is 38.7 Å². The van der Waals surface area contributed by atoms with Gasteiger partial charge >= 0.3 is 0 Å². The second kappa shape index (κ2) is 7.28. The Balaban J connectivity index is 1.99. The lowest BCUT2D eigenvalue weighted by atomic mass is 9.97. The van der Waals surface area contributed by atoms with E-state index in [9.17, 15) is 5.11 Å². The van der Waals surface area contributed by atoms with Gasteiger partial charge in [-0.05, 0) is 35.1 Å². The number of para-hydroxylation sites is 1. The van der Waals surface area contributed by atoms with Crippen LogP contribution >= 0.6 is 0 Å². The third-order valence-corrected chi connectivity index (χ3v) is 3.77. The predicted octanol–water partition coefficient (Wildman–Crippen LogP) is 3.96. The minimum atomic E-state index is -0.397. The molecule has 2 nitrogen and oxygen atoms in total. The Kier molecular flexibility index (Phi) is 5.40. The van der Waals surface area contributed by atoms with Gasteiger partial charge in [0.2, 0.25) is 0 Å². The van der Waals surface area contributed by atoms with Gasteiger partial charge in [-0.25, -0.2) is 0 Å². The van der Waals surface area contributed by atoms with Crippen molar-refractivity contribution in [1.29, 1.82) is 0 Å². The first kappa shape index (κ1) is 15.6. The second-order valence-corrected chi connectivity index (χ2v) is 5.77. The van der Waals surface area contributed by atoms with Crippen molar-refractivity contribution in [1.82, 2.24) is 0 Å². The molecule has 0 saturated carbocycles. The molecule has 0 aliphatic heterocycles. The number of hydrogen-bond donors (Lipinski definition) is 1. The van der Waals surface area contributed by atoms with E-state index in [2.05, 4.69) is 38.1 Å². The number of aliphatic hydroxyl groups is 1. The van der Waals surface area contributed by atoms with Crippen LogP contribution in [0.5, 0.6) is 5.75 Å². The Labute approximate surface area is 127 Å². The predicted molar refractivity (Wildman–Crippen MR) is 86.9 cm³/mol. The van der Waals surface area contributed by atoms with E-state index in [1.54, 1.807) is 7.11 Å². The summed E-state index contributed by atoms with van der Waals surface area (Å²) >= 11 is 0. The summed E-state index contributed by atoms with van der Waals surface area (Å²) in [5, 5.41) is 10.3. The van der Waals surface area contributed by atoms with E-state index in [0.29, 0.717) is 18.8 Å². The first-order valence-electron chi connectivity index (χ1n) is 7.49. The van der Waals surface area contributed by atoms with E-state index in [0.717, 1.165) is 11.3 Å². The lowest BCUT2D eigenvalue weighted by Gasteiger charge is -2.14. The van der Waals surface area contributed by atoms with E-state index in [4.69, 9.17) is 4.74 Å². The first-order valence-corrected chi connectivity index (χ1v) is 7.49. The molecule has 0 heterocycles. The van der Waals surface area contributed by atoms with Crippen molar-refractivity contribution in [3.8, 4) is 5.75 Å². The molecule has 0 amide bonds. The zero-order chi connectivity index (χ0) is 15.2. The summed E-state index contributed by atoms with van der Waals surface area (Å²) in [4.78, 5) is 0. The summed E-state index contributed by atoms with van der Waals surface area (Å²) in [6, 6.07) is 16.4. The monoisotopic (exact) mass is 284 g/mol. The zero-order valence-corrected chi connectivity index (χ0v) is 13.0. The quantitative estimate of drug-likeness (QED) is 0.870. The summed E-state index contributed by atoms with van der Waals surface area (Å²) in [6.45, 7) is 4.37. The molecule has 0 aliphatic carbocycles. The van der Waals surface area contributed by atoms with Crippen LogP contribution in [0.3, 0.4) is 0 Å². The lowest BCUT2D eigenvalue weighted by molar-refractivity contribution is 0.174. The van der Waals surface area contributed by atoms with E-state index in [1.807, 2.05) is 24.3 Å². The Morgan fingerprint density at radius 2 is 1.62 bits per heavy atom. The molecule has 2 aromatic rings. The van der Waals surface area contributed by atoms with E-state index >= 15 is 0 Å². The van der Waals surface area contributed by atoms with E-state index in [-0.39, 0.29) is 0 Å². The number of hydrogen-bond acceptors (Lipinski definition) is 2. The van der Waals surface area contributed by atoms with Crippen LogP contribution in [-0.4, -0.2) is 18.3 Å². The first-order chi connectivity index (χ1) is 10.1. The Hall–Kier alpha value is -1.80. The molecule has 0 radical (unpaired) electrons. The van der Waals surface area contributed by atoms with Crippen LogP contribution in [0.2, 0.25) is 0 Å². The maximum absolute atomic E-state index is 10.3. The molecule has 112 valence electrons. The number of ether oxygens (including phenoxy) is 1. The molecule has 0 aromatic heterocycles. The highest BCUT2D eigenvalue weighted by molar-refractivity contribution is 5.34. The van der Waals surface area contributed by atoms with Crippen LogP contribution in [0.25, 0.3) is 0 Å². The van der Waals surface area contributed by atoms with E-state index < -0.39 is 6.10 Å². The van der Waals surface area contributed by atoms with Crippen LogP contribution < -0.4 is 4.74 Å². The molecule has 2 rings (SSSR count). The highest BCUT2D eigenvalue weighted by Crippen LogP contribution is 2.21. The topological polar surface area (TPSA) is 29.5 Å². The van der Waals surface area contributed by atoms with Crippen molar-refractivity contribution in [2.75, 3.05) is 7.11 Å². The molecule has 1 atom stereocenters. The average Bonchev–Trinajstić information content (AvgIpc) is 2.48. The Morgan fingerprint density at radius 1 is 0.952 bits per heavy atom. The number of aliphatic hydroxyl groups excluding tert-OH is 1. The van der Waals surface area contributed by atoms with Gasteiger partial charge in [0.1, 0.15) is 5.75 Å². The third-order valence-electron chi connectivity index (χ3n) is 3.77.